The minimum Gasteiger partial charge on any atom is -0.487 e. The molecule has 0 unspecified atom stereocenters. The molecule has 0 aliphatic heterocycles. The third kappa shape index (κ3) is 3.79. The van der Waals surface area contributed by atoms with Gasteiger partial charge in [-0.2, -0.15) is 0 Å². The third-order valence-electron chi connectivity index (χ3n) is 2.69. The van der Waals surface area contributed by atoms with Crippen LogP contribution in [0.4, 0.5) is 5.69 Å². The molecule has 0 saturated heterocycles. The van der Waals surface area contributed by atoms with Gasteiger partial charge >= 0.3 is 5.97 Å². The van der Waals surface area contributed by atoms with E-state index in [0.717, 1.165) is 0 Å². The van der Waals surface area contributed by atoms with Crippen LogP contribution in [0.15, 0.2) is 46.9 Å². The number of hydrogen-bond acceptors (Lipinski definition) is 4. The van der Waals surface area contributed by atoms with Crippen LogP contribution < -0.4 is 4.74 Å². The second-order valence-corrected chi connectivity index (χ2v) is 5.02. The van der Waals surface area contributed by atoms with Gasteiger partial charge in [0.05, 0.1) is 21.0 Å². The van der Waals surface area contributed by atoms with Gasteiger partial charge in [0.25, 0.3) is 5.69 Å². The summed E-state index contributed by atoms with van der Waals surface area (Å²) in [5, 5.41) is 19.6. The Morgan fingerprint density at radius 3 is 2.71 bits per heavy atom. The number of aromatic carboxylic acids is 1. The molecule has 2 rings (SSSR count). The van der Waals surface area contributed by atoms with E-state index in [1.165, 1.54) is 30.3 Å². The molecule has 108 valence electrons. The summed E-state index contributed by atoms with van der Waals surface area (Å²) >= 11 is 3.25. The molecule has 2 aromatic carbocycles. The molecule has 2 aromatic rings. The lowest BCUT2D eigenvalue weighted by molar-refractivity contribution is -0.385. The highest BCUT2D eigenvalue weighted by atomic mass is 79.9. The number of rotatable bonds is 5. The Balaban J connectivity index is 2.16. The van der Waals surface area contributed by atoms with Crippen molar-refractivity contribution >= 4 is 27.6 Å². The van der Waals surface area contributed by atoms with Crippen LogP contribution in [-0.4, -0.2) is 16.0 Å². The molecule has 0 amide bonds. The van der Waals surface area contributed by atoms with E-state index in [-0.39, 0.29) is 17.9 Å². The summed E-state index contributed by atoms with van der Waals surface area (Å²) in [4.78, 5) is 21.1. The number of halogens is 1. The number of carboxylic acids is 1. The molecule has 0 fully saturated rings. The highest BCUT2D eigenvalue weighted by Crippen LogP contribution is 2.29. The fourth-order valence-corrected chi connectivity index (χ4v) is 2.03. The maximum Gasteiger partial charge on any atom is 0.335 e. The van der Waals surface area contributed by atoms with Crippen LogP contribution in [0.2, 0.25) is 0 Å². The first kappa shape index (κ1) is 15.0. The Bertz CT molecular complexity index is 702. The van der Waals surface area contributed by atoms with Crippen molar-refractivity contribution in [3.8, 4) is 5.75 Å². The fourth-order valence-electron chi connectivity index (χ4n) is 1.67. The molecule has 0 heterocycles. The van der Waals surface area contributed by atoms with E-state index in [2.05, 4.69) is 15.9 Å². The molecule has 0 spiro atoms. The molecule has 1 N–H and O–H groups in total. The molecular weight excluding hydrogens is 342 g/mol. The number of carbonyl (C=O) groups is 1. The number of nitrogens with zero attached hydrogens (tertiary/aromatic N) is 1. The van der Waals surface area contributed by atoms with E-state index in [1.807, 2.05) is 0 Å². The van der Waals surface area contributed by atoms with Crippen LogP contribution in [0.1, 0.15) is 15.9 Å². The van der Waals surface area contributed by atoms with Gasteiger partial charge in [0, 0.05) is 6.07 Å². The second kappa shape index (κ2) is 6.36. The van der Waals surface area contributed by atoms with Crippen molar-refractivity contribution in [1.29, 1.82) is 0 Å². The van der Waals surface area contributed by atoms with Crippen LogP contribution in [0, 0.1) is 10.1 Å². The predicted octanol–water partition coefficient (Wildman–Crippen LogP) is 3.63. The van der Waals surface area contributed by atoms with Crippen molar-refractivity contribution in [3.63, 3.8) is 0 Å². The maximum atomic E-state index is 10.9. The van der Waals surface area contributed by atoms with Crippen molar-refractivity contribution in [2.45, 2.75) is 6.61 Å². The maximum absolute atomic E-state index is 10.9. The number of non-ortho nitro benzene ring substituents is 1. The van der Waals surface area contributed by atoms with E-state index >= 15 is 0 Å². The number of ether oxygens (including phenoxy) is 1. The number of hydrogen-bond donors (Lipinski definition) is 1. The van der Waals surface area contributed by atoms with Gasteiger partial charge in [-0.1, -0.05) is 12.1 Å². The van der Waals surface area contributed by atoms with E-state index in [4.69, 9.17) is 9.84 Å². The highest BCUT2D eigenvalue weighted by molar-refractivity contribution is 9.10. The third-order valence-corrected chi connectivity index (χ3v) is 3.35. The monoisotopic (exact) mass is 351 g/mol. The standard InChI is InChI=1S/C14H10BrNO5/c15-12-5-4-11(16(19)20)7-13(12)21-8-9-2-1-3-10(6-9)14(17)18/h1-7H,8H2,(H,17,18). The number of nitro benzene ring substituents is 1. The largest absolute Gasteiger partial charge is 0.487 e. The Labute approximate surface area is 128 Å². The van der Waals surface area contributed by atoms with Crippen LogP contribution in [0.5, 0.6) is 5.75 Å². The second-order valence-electron chi connectivity index (χ2n) is 4.17. The van der Waals surface area contributed by atoms with E-state index in [9.17, 15) is 14.9 Å². The van der Waals surface area contributed by atoms with Gasteiger partial charge in [0.15, 0.2) is 0 Å². The molecule has 0 saturated carbocycles. The van der Waals surface area contributed by atoms with Gasteiger partial charge in [-0.15, -0.1) is 0 Å². The Kier molecular flexibility index (Phi) is 4.54. The van der Waals surface area contributed by atoms with Gasteiger partial charge in [0.1, 0.15) is 12.4 Å². The summed E-state index contributed by atoms with van der Waals surface area (Å²) in [5.41, 5.74) is 0.745. The normalized spacial score (nSPS) is 10.1. The first-order valence-corrected chi connectivity index (χ1v) is 6.65. The number of benzene rings is 2. The average molecular weight is 352 g/mol. The quantitative estimate of drug-likeness (QED) is 0.656. The average Bonchev–Trinajstić information content (AvgIpc) is 2.46. The molecule has 0 aromatic heterocycles. The summed E-state index contributed by atoms with van der Waals surface area (Å²) in [7, 11) is 0. The van der Waals surface area contributed by atoms with Crippen LogP contribution in [0.25, 0.3) is 0 Å². The van der Waals surface area contributed by atoms with Crippen LogP contribution >= 0.6 is 15.9 Å². The summed E-state index contributed by atoms with van der Waals surface area (Å²) in [5.74, 6) is -0.696. The van der Waals surface area contributed by atoms with Crippen molar-refractivity contribution in [2.24, 2.45) is 0 Å². The fraction of sp³-hybridized carbons (Fsp3) is 0.0714. The van der Waals surface area contributed by atoms with Crippen molar-refractivity contribution in [3.05, 3.63) is 68.2 Å². The zero-order valence-corrected chi connectivity index (χ0v) is 12.2. The molecular formula is C14H10BrNO5. The van der Waals surface area contributed by atoms with Crippen LogP contribution in [0.3, 0.4) is 0 Å². The molecule has 0 atom stereocenters. The molecule has 6 nitrogen and oxygen atoms in total. The summed E-state index contributed by atoms with van der Waals surface area (Å²) < 4.78 is 6.09. The molecule has 0 bridgehead atoms. The molecule has 0 aliphatic rings. The number of nitro groups is 1. The molecule has 0 aliphatic carbocycles. The van der Waals surface area contributed by atoms with Gasteiger partial charge in [0.2, 0.25) is 0 Å². The van der Waals surface area contributed by atoms with Crippen molar-refractivity contribution in [2.75, 3.05) is 0 Å². The summed E-state index contributed by atoms with van der Waals surface area (Å²) in [6.45, 7) is 0.112. The van der Waals surface area contributed by atoms with Gasteiger partial charge in [-0.3, -0.25) is 10.1 Å². The van der Waals surface area contributed by atoms with Gasteiger partial charge < -0.3 is 9.84 Å². The highest BCUT2D eigenvalue weighted by Gasteiger charge is 2.11. The van der Waals surface area contributed by atoms with Gasteiger partial charge in [-0.05, 0) is 39.7 Å². The van der Waals surface area contributed by atoms with Crippen LogP contribution in [-0.2, 0) is 6.61 Å². The minimum absolute atomic E-state index is 0.0764. The predicted molar refractivity (Wildman–Crippen MR) is 78.5 cm³/mol. The lowest BCUT2D eigenvalue weighted by Crippen LogP contribution is -2.01. The van der Waals surface area contributed by atoms with E-state index < -0.39 is 10.9 Å². The van der Waals surface area contributed by atoms with Crippen molar-refractivity contribution < 1.29 is 19.6 Å². The first-order chi connectivity index (χ1) is 9.97. The lowest BCUT2D eigenvalue weighted by Gasteiger charge is -2.08. The molecule has 7 heteroatoms. The smallest absolute Gasteiger partial charge is 0.335 e. The minimum atomic E-state index is -1.02. The first-order valence-electron chi connectivity index (χ1n) is 5.86. The zero-order valence-electron chi connectivity index (χ0n) is 10.7. The summed E-state index contributed by atoms with van der Waals surface area (Å²) in [6, 6.07) is 10.5. The zero-order chi connectivity index (χ0) is 15.4. The Morgan fingerprint density at radius 1 is 1.29 bits per heavy atom. The lowest BCUT2D eigenvalue weighted by atomic mass is 10.1. The molecule has 0 radical (unpaired) electrons. The Morgan fingerprint density at radius 2 is 2.05 bits per heavy atom. The van der Waals surface area contributed by atoms with Crippen molar-refractivity contribution in [1.82, 2.24) is 0 Å². The van der Waals surface area contributed by atoms with E-state index in [0.29, 0.717) is 15.8 Å². The topological polar surface area (TPSA) is 89.7 Å². The summed E-state index contributed by atoms with van der Waals surface area (Å²) in [6.07, 6.45) is 0. The van der Waals surface area contributed by atoms with E-state index in [1.54, 1.807) is 12.1 Å². The number of carboxylic acid groups (broad SMARTS) is 1. The Hall–Kier alpha value is -2.41. The SMILES string of the molecule is O=C(O)c1cccc(COc2cc([N+](=O)[O-])ccc2Br)c1. The van der Waals surface area contributed by atoms with Gasteiger partial charge in [-0.25, -0.2) is 4.79 Å². The molecule has 21 heavy (non-hydrogen) atoms.